The second-order valence-electron chi connectivity index (χ2n) is 4.25. The summed E-state index contributed by atoms with van der Waals surface area (Å²) in [5.41, 5.74) is 0.726. The van der Waals surface area contributed by atoms with Gasteiger partial charge in [0.25, 0.3) is 0 Å². The van der Waals surface area contributed by atoms with Crippen LogP contribution in [-0.2, 0) is 0 Å². The first-order valence-electron chi connectivity index (χ1n) is 6.41. The summed E-state index contributed by atoms with van der Waals surface area (Å²) in [5.74, 6) is 0.421. The SMILES string of the molecule is N#Cc1ccc(NCCCOc2ccccc2)c(F)c1. The van der Waals surface area contributed by atoms with Crippen LogP contribution < -0.4 is 10.1 Å². The van der Waals surface area contributed by atoms with Gasteiger partial charge in [-0.05, 0) is 36.8 Å². The van der Waals surface area contributed by atoms with E-state index in [2.05, 4.69) is 5.32 Å². The first-order chi connectivity index (χ1) is 9.79. The molecule has 2 rings (SSSR count). The van der Waals surface area contributed by atoms with Gasteiger partial charge in [-0.15, -0.1) is 0 Å². The van der Waals surface area contributed by atoms with Crippen LogP contribution in [0, 0.1) is 17.1 Å². The molecule has 4 heteroatoms. The van der Waals surface area contributed by atoms with E-state index in [1.165, 1.54) is 6.07 Å². The first kappa shape index (κ1) is 13.9. The van der Waals surface area contributed by atoms with E-state index in [-0.39, 0.29) is 0 Å². The molecule has 0 aliphatic rings. The fourth-order valence-electron chi connectivity index (χ4n) is 1.73. The molecule has 0 saturated heterocycles. The average molecular weight is 270 g/mol. The molecule has 0 aliphatic carbocycles. The Morgan fingerprint density at radius 3 is 2.65 bits per heavy atom. The van der Waals surface area contributed by atoms with Crippen molar-refractivity contribution in [3.63, 3.8) is 0 Å². The maximum absolute atomic E-state index is 13.6. The molecular weight excluding hydrogens is 255 g/mol. The topological polar surface area (TPSA) is 45.0 Å². The van der Waals surface area contributed by atoms with Gasteiger partial charge in [0.15, 0.2) is 0 Å². The monoisotopic (exact) mass is 270 g/mol. The number of ether oxygens (including phenoxy) is 1. The van der Waals surface area contributed by atoms with Crippen molar-refractivity contribution in [2.24, 2.45) is 0 Å². The molecule has 2 aromatic carbocycles. The van der Waals surface area contributed by atoms with Crippen molar-refractivity contribution in [2.75, 3.05) is 18.5 Å². The first-order valence-corrected chi connectivity index (χ1v) is 6.41. The number of halogens is 1. The molecule has 2 aromatic rings. The van der Waals surface area contributed by atoms with E-state index in [1.54, 1.807) is 12.1 Å². The summed E-state index contributed by atoms with van der Waals surface area (Å²) < 4.78 is 19.1. The summed E-state index contributed by atoms with van der Waals surface area (Å²) in [4.78, 5) is 0. The number of nitrogens with zero attached hydrogens (tertiary/aromatic N) is 1. The molecule has 0 saturated carbocycles. The Kier molecular flexibility index (Phi) is 4.96. The predicted molar refractivity (Wildman–Crippen MR) is 76.2 cm³/mol. The van der Waals surface area contributed by atoms with Gasteiger partial charge >= 0.3 is 0 Å². The van der Waals surface area contributed by atoms with Gasteiger partial charge in [-0.3, -0.25) is 0 Å². The Hall–Kier alpha value is -2.54. The van der Waals surface area contributed by atoms with E-state index in [9.17, 15) is 4.39 Å². The molecule has 20 heavy (non-hydrogen) atoms. The van der Waals surface area contributed by atoms with Crippen LogP contribution in [0.1, 0.15) is 12.0 Å². The van der Waals surface area contributed by atoms with Crippen molar-refractivity contribution in [3.05, 3.63) is 59.9 Å². The lowest BCUT2D eigenvalue weighted by molar-refractivity contribution is 0.315. The van der Waals surface area contributed by atoms with E-state index >= 15 is 0 Å². The minimum Gasteiger partial charge on any atom is -0.494 e. The largest absolute Gasteiger partial charge is 0.494 e. The molecule has 0 aromatic heterocycles. The molecule has 0 bridgehead atoms. The maximum Gasteiger partial charge on any atom is 0.147 e. The lowest BCUT2D eigenvalue weighted by Gasteiger charge is -2.09. The summed E-state index contributed by atoms with van der Waals surface area (Å²) in [5, 5.41) is 11.6. The lowest BCUT2D eigenvalue weighted by Crippen LogP contribution is -2.08. The van der Waals surface area contributed by atoms with Gasteiger partial charge in [-0.25, -0.2) is 4.39 Å². The third-order valence-electron chi connectivity index (χ3n) is 2.75. The summed E-state index contributed by atoms with van der Waals surface area (Å²) in [6.45, 7) is 1.17. The van der Waals surface area contributed by atoms with Crippen molar-refractivity contribution in [1.82, 2.24) is 0 Å². The zero-order valence-electron chi connectivity index (χ0n) is 11.0. The summed E-state index contributed by atoms with van der Waals surface area (Å²) in [6, 6.07) is 15.8. The number of hydrogen-bond donors (Lipinski definition) is 1. The fraction of sp³-hybridized carbons (Fsp3) is 0.188. The fourth-order valence-corrected chi connectivity index (χ4v) is 1.73. The normalized spacial score (nSPS) is 9.80. The van der Waals surface area contributed by atoms with Crippen LogP contribution in [0.5, 0.6) is 5.75 Å². The highest BCUT2D eigenvalue weighted by Crippen LogP contribution is 2.15. The van der Waals surface area contributed by atoms with Gasteiger partial charge in [-0.1, -0.05) is 18.2 Å². The molecule has 0 amide bonds. The minimum absolute atomic E-state index is 0.320. The highest BCUT2D eigenvalue weighted by molar-refractivity contribution is 5.48. The zero-order valence-corrected chi connectivity index (χ0v) is 11.0. The number of rotatable bonds is 6. The third kappa shape index (κ3) is 3.99. The molecule has 0 unspecified atom stereocenters. The highest BCUT2D eigenvalue weighted by atomic mass is 19.1. The van der Waals surface area contributed by atoms with Gasteiger partial charge < -0.3 is 10.1 Å². The molecular formula is C16H15FN2O. The zero-order chi connectivity index (χ0) is 14.2. The van der Waals surface area contributed by atoms with Crippen LogP contribution in [0.2, 0.25) is 0 Å². The molecule has 0 heterocycles. The van der Waals surface area contributed by atoms with Crippen molar-refractivity contribution in [1.29, 1.82) is 5.26 Å². The Morgan fingerprint density at radius 2 is 1.95 bits per heavy atom. The quantitative estimate of drug-likeness (QED) is 0.816. The van der Waals surface area contributed by atoms with Gasteiger partial charge in [0.2, 0.25) is 0 Å². The molecule has 0 radical (unpaired) electrons. The van der Waals surface area contributed by atoms with Crippen LogP contribution in [0.3, 0.4) is 0 Å². The molecule has 0 fully saturated rings. The number of nitriles is 1. The Morgan fingerprint density at radius 1 is 1.15 bits per heavy atom. The molecule has 0 atom stereocenters. The lowest BCUT2D eigenvalue weighted by atomic mass is 10.2. The van der Waals surface area contributed by atoms with Crippen molar-refractivity contribution in [3.8, 4) is 11.8 Å². The van der Waals surface area contributed by atoms with E-state index in [0.717, 1.165) is 12.2 Å². The molecule has 1 N–H and O–H groups in total. The van der Waals surface area contributed by atoms with Crippen molar-refractivity contribution in [2.45, 2.75) is 6.42 Å². The highest BCUT2D eigenvalue weighted by Gasteiger charge is 2.02. The third-order valence-corrected chi connectivity index (χ3v) is 2.75. The second-order valence-corrected chi connectivity index (χ2v) is 4.25. The summed E-state index contributed by atoms with van der Waals surface area (Å²) in [7, 11) is 0. The van der Waals surface area contributed by atoms with Crippen molar-refractivity contribution < 1.29 is 9.13 Å². The van der Waals surface area contributed by atoms with Crippen LogP contribution in [0.4, 0.5) is 10.1 Å². The Balaban J connectivity index is 1.72. The average Bonchev–Trinajstić information content (AvgIpc) is 2.49. The molecule has 0 aliphatic heterocycles. The number of para-hydroxylation sites is 1. The standard InChI is InChI=1S/C16H15FN2O/c17-15-11-13(12-18)7-8-16(15)19-9-4-10-20-14-5-2-1-3-6-14/h1-3,5-8,11,19H,4,9-10H2. The smallest absolute Gasteiger partial charge is 0.147 e. The minimum atomic E-state index is -0.409. The molecule has 0 spiro atoms. The van der Waals surface area contributed by atoms with Crippen LogP contribution in [0.25, 0.3) is 0 Å². The van der Waals surface area contributed by atoms with E-state index < -0.39 is 5.82 Å². The Bertz CT molecular complexity index is 593. The van der Waals surface area contributed by atoms with Gasteiger partial charge in [0, 0.05) is 6.54 Å². The number of benzene rings is 2. The van der Waals surface area contributed by atoms with Crippen LogP contribution in [-0.4, -0.2) is 13.2 Å². The molecule has 3 nitrogen and oxygen atoms in total. The summed E-state index contributed by atoms with van der Waals surface area (Å²) >= 11 is 0. The summed E-state index contributed by atoms with van der Waals surface area (Å²) in [6.07, 6.45) is 0.758. The number of anilines is 1. The van der Waals surface area contributed by atoms with Gasteiger partial charge in [0.05, 0.1) is 23.9 Å². The Labute approximate surface area is 117 Å². The second kappa shape index (κ2) is 7.15. The van der Waals surface area contributed by atoms with Crippen molar-refractivity contribution >= 4 is 5.69 Å². The number of nitrogens with one attached hydrogen (secondary N) is 1. The predicted octanol–water partition coefficient (Wildman–Crippen LogP) is 3.58. The van der Waals surface area contributed by atoms with Gasteiger partial charge in [0.1, 0.15) is 11.6 Å². The molecule has 102 valence electrons. The van der Waals surface area contributed by atoms with Gasteiger partial charge in [-0.2, -0.15) is 5.26 Å². The van der Waals surface area contributed by atoms with E-state index in [0.29, 0.717) is 24.4 Å². The van der Waals surface area contributed by atoms with E-state index in [4.69, 9.17) is 10.00 Å². The van der Waals surface area contributed by atoms with Crippen LogP contribution in [0.15, 0.2) is 48.5 Å². The number of hydrogen-bond acceptors (Lipinski definition) is 3. The van der Waals surface area contributed by atoms with Crippen LogP contribution >= 0.6 is 0 Å². The maximum atomic E-state index is 13.6. The van der Waals surface area contributed by atoms with E-state index in [1.807, 2.05) is 36.4 Å².